The zero-order valence-electron chi connectivity index (χ0n) is 9.11. The Morgan fingerprint density at radius 1 is 1.62 bits per heavy atom. The number of hydrogen-bond donors (Lipinski definition) is 2. The standard InChI is InChI=1S/C11H15ClN2O2/c1-2-3-4-9(11(15)16)14-10-6-5-8(12)7-13-10/h5-7,9H,2-4H2,1H3,(H,13,14)(H,15,16)/t9-/m0/s1. The summed E-state index contributed by atoms with van der Waals surface area (Å²) in [5.41, 5.74) is 0. The van der Waals surface area contributed by atoms with Gasteiger partial charge in [-0.2, -0.15) is 0 Å². The van der Waals surface area contributed by atoms with Crippen molar-refractivity contribution in [1.82, 2.24) is 4.98 Å². The molecule has 0 aliphatic heterocycles. The van der Waals surface area contributed by atoms with Gasteiger partial charge in [0.15, 0.2) is 0 Å². The highest BCUT2D eigenvalue weighted by atomic mass is 35.5. The van der Waals surface area contributed by atoms with E-state index in [-0.39, 0.29) is 0 Å². The first-order chi connectivity index (χ1) is 7.63. The van der Waals surface area contributed by atoms with Crippen molar-refractivity contribution in [3.63, 3.8) is 0 Å². The van der Waals surface area contributed by atoms with E-state index in [9.17, 15) is 4.79 Å². The molecule has 88 valence electrons. The Morgan fingerprint density at radius 2 is 2.38 bits per heavy atom. The summed E-state index contributed by atoms with van der Waals surface area (Å²) in [4.78, 5) is 15.0. The summed E-state index contributed by atoms with van der Waals surface area (Å²) in [5.74, 6) is -0.321. The molecule has 1 aromatic heterocycles. The number of nitrogens with zero attached hydrogens (tertiary/aromatic N) is 1. The van der Waals surface area contributed by atoms with Gasteiger partial charge >= 0.3 is 5.97 Å². The molecule has 1 rings (SSSR count). The van der Waals surface area contributed by atoms with Gasteiger partial charge in [-0.25, -0.2) is 9.78 Å². The van der Waals surface area contributed by atoms with E-state index in [0.717, 1.165) is 12.8 Å². The second-order valence-corrected chi connectivity index (χ2v) is 3.98. The van der Waals surface area contributed by atoms with E-state index in [2.05, 4.69) is 10.3 Å². The van der Waals surface area contributed by atoms with Gasteiger partial charge in [0.1, 0.15) is 11.9 Å². The van der Waals surface area contributed by atoms with Crippen LogP contribution < -0.4 is 5.32 Å². The number of carbonyl (C=O) groups is 1. The summed E-state index contributed by atoms with van der Waals surface area (Å²) in [7, 11) is 0. The third kappa shape index (κ3) is 4.06. The molecule has 0 spiro atoms. The Balaban J connectivity index is 2.60. The van der Waals surface area contributed by atoms with Gasteiger partial charge in [0.25, 0.3) is 0 Å². The molecule has 0 aromatic carbocycles. The molecule has 16 heavy (non-hydrogen) atoms. The van der Waals surface area contributed by atoms with Crippen LogP contribution in [0.15, 0.2) is 18.3 Å². The molecule has 0 aliphatic rings. The van der Waals surface area contributed by atoms with Crippen LogP contribution in [0.2, 0.25) is 5.02 Å². The van der Waals surface area contributed by atoms with E-state index in [1.807, 2.05) is 6.92 Å². The van der Waals surface area contributed by atoms with Crippen molar-refractivity contribution in [2.45, 2.75) is 32.2 Å². The van der Waals surface area contributed by atoms with Gasteiger partial charge in [-0.1, -0.05) is 31.4 Å². The molecule has 4 nitrogen and oxygen atoms in total. The number of aliphatic carboxylic acids is 1. The highest BCUT2D eigenvalue weighted by Gasteiger charge is 2.16. The Bertz CT molecular complexity index is 340. The van der Waals surface area contributed by atoms with Gasteiger partial charge in [0, 0.05) is 6.20 Å². The lowest BCUT2D eigenvalue weighted by atomic mass is 10.1. The number of rotatable bonds is 6. The van der Waals surface area contributed by atoms with Gasteiger partial charge in [-0.05, 0) is 18.6 Å². The molecule has 0 radical (unpaired) electrons. The van der Waals surface area contributed by atoms with Crippen LogP contribution in [-0.2, 0) is 4.79 Å². The number of halogens is 1. The Hall–Kier alpha value is -1.29. The average molecular weight is 243 g/mol. The number of anilines is 1. The highest BCUT2D eigenvalue weighted by Crippen LogP contribution is 2.12. The van der Waals surface area contributed by atoms with Crippen molar-refractivity contribution in [1.29, 1.82) is 0 Å². The highest BCUT2D eigenvalue weighted by molar-refractivity contribution is 6.30. The molecular formula is C11H15ClN2O2. The van der Waals surface area contributed by atoms with E-state index >= 15 is 0 Å². The van der Waals surface area contributed by atoms with Crippen LogP contribution in [0.25, 0.3) is 0 Å². The molecule has 0 fully saturated rings. The zero-order valence-corrected chi connectivity index (χ0v) is 9.87. The Kier molecular flexibility index (Phi) is 5.05. The molecule has 0 unspecified atom stereocenters. The molecular weight excluding hydrogens is 228 g/mol. The number of pyridine rings is 1. The van der Waals surface area contributed by atoms with Gasteiger partial charge in [-0.15, -0.1) is 0 Å². The molecule has 1 heterocycles. The monoisotopic (exact) mass is 242 g/mol. The number of carboxylic acid groups (broad SMARTS) is 1. The minimum Gasteiger partial charge on any atom is -0.480 e. The first-order valence-electron chi connectivity index (χ1n) is 5.24. The zero-order chi connectivity index (χ0) is 12.0. The van der Waals surface area contributed by atoms with E-state index in [1.165, 1.54) is 6.20 Å². The summed E-state index contributed by atoms with van der Waals surface area (Å²) in [6.45, 7) is 2.03. The molecule has 0 amide bonds. The maximum absolute atomic E-state index is 11.0. The fraction of sp³-hybridized carbons (Fsp3) is 0.455. The third-order valence-electron chi connectivity index (χ3n) is 2.19. The van der Waals surface area contributed by atoms with E-state index in [1.54, 1.807) is 12.1 Å². The average Bonchev–Trinajstić information content (AvgIpc) is 2.26. The van der Waals surface area contributed by atoms with Gasteiger partial charge in [-0.3, -0.25) is 0 Å². The number of aromatic nitrogens is 1. The molecule has 0 aliphatic carbocycles. The first kappa shape index (κ1) is 12.8. The Labute approximate surface area is 99.6 Å². The largest absolute Gasteiger partial charge is 0.480 e. The summed E-state index contributed by atoms with van der Waals surface area (Å²) in [5, 5.41) is 12.4. The second kappa shape index (κ2) is 6.33. The number of nitrogens with one attached hydrogen (secondary N) is 1. The lowest BCUT2D eigenvalue weighted by Gasteiger charge is -2.14. The van der Waals surface area contributed by atoms with Crippen LogP contribution in [0.5, 0.6) is 0 Å². The van der Waals surface area contributed by atoms with Crippen LogP contribution in [0, 0.1) is 0 Å². The lowest BCUT2D eigenvalue weighted by Crippen LogP contribution is -2.29. The van der Waals surface area contributed by atoms with Crippen LogP contribution >= 0.6 is 11.6 Å². The minimum atomic E-state index is -0.856. The van der Waals surface area contributed by atoms with E-state index in [0.29, 0.717) is 17.3 Å². The summed E-state index contributed by atoms with van der Waals surface area (Å²) < 4.78 is 0. The Morgan fingerprint density at radius 3 is 2.88 bits per heavy atom. The molecule has 1 atom stereocenters. The van der Waals surface area contributed by atoms with Gasteiger partial charge in [0.05, 0.1) is 5.02 Å². The molecule has 2 N–H and O–H groups in total. The van der Waals surface area contributed by atoms with Crippen molar-refractivity contribution in [3.8, 4) is 0 Å². The van der Waals surface area contributed by atoms with Crippen LogP contribution in [0.3, 0.4) is 0 Å². The lowest BCUT2D eigenvalue weighted by molar-refractivity contribution is -0.138. The topological polar surface area (TPSA) is 62.2 Å². The SMILES string of the molecule is CCCC[C@H](Nc1ccc(Cl)cn1)C(=O)O. The van der Waals surface area contributed by atoms with E-state index < -0.39 is 12.0 Å². The van der Waals surface area contributed by atoms with Crippen LogP contribution in [-0.4, -0.2) is 22.1 Å². The number of unbranched alkanes of at least 4 members (excludes halogenated alkanes) is 1. The maximum atomic E-state index is 11.0. The summed E-state index contributed by atoms with van der Waals surface area (Å²) >= 11 is 5.69. The minimum absolute atomic E-state index is 0.533. The van der Waals surface area contributed by atoms with Gasteiger partial charge in [0.2, 0.25) is 0 Å². The van der Waals surface area contributed by atoms with Crippen molar-refractivity contribution in [3.05, 3.63) is 23.4 Å². The number of carboxylic acids is 1. The number of hydrogen-bond acceptors (Lipinski definition) is 3. The van der Waals surface area contributed by atoms with E-state index in [4.69, 9.17) is 16.7 Å². The molecule has 5 heteroatoms. The maximum Gasteiger partial charge on any atom is 0.326 e. The van der Waals surface area contributed by atoms with Crippen LogP contribution in [0.1, 0.15) is 26.2 Å². The quantitative estimate of drug-likeness (QED) is 0.805. The fourth-order valence-electron chi connectivity index (χ4n) is 1.31. The summed E-state index contributed by atoms with van der Waals surface area (Å²) in [6.07, 6.45) is 3.93. The first-order valence-corrected chi connectivity index (χ1v) is 5.62. The molecule has 0 bridgehead atoms. The van der Waals surface area contributed by atoms with Crippen molar-refractivity contribution >= 4 is 23.4 Å². The van der Waals surface area contributed by atoms with Crippen molar-refractivity contribution in [2.24, 2.45) is 0 Å². The summed E-state index contributed by atoms with van der Waals surface area (Å²) in [6, 6.07) is 2.76. The van der Waals surface area contributed by atoms with Crippen LogP contribution in [0.4, 0.5) is 5.82 Å². The predicted octanol–water partition coefficient (Wildman–Crippen LogP) is 2.79. The van der Waals surface area contributed by atoms with Crippen molar-refractivity contribution < 1.29 is 9.90 Å². The second-order valence-electron chi connectivity index (χ2n) is 3.54. The molecule has 0 saturated heterocycles. The normalized spacial score (nSPS) is 12.1. The molecule has 1 aromatic rings. The third-order valence-corrected chi connectivity index (χ3v) is 2.42. The predicted molar refractivity (Wildman–Crippen MR) is 63.8 cm³/mol. The molecule has 0 saturated carbocycles. The fourth-order valence-corrected chi connectivity index (χ4v) is 1.42. The smallest absolute Gasteiger partial charge is 0.326 e. The van der Waals surface area contributed by atoms with Gasteiger partial charge < -0.3 is 10.4 Å². The van der Waals surface area contributed by atoms with Crippen molar-refractivity contribution in [2.75, 3.05) is 5.32 Å².